The van der Waals surface area contributed by atoms with Crippen LogP contribution in [-0.4, -0.2) is 44.1 Å². The smallest absolute Gasteiger partial charge is 0.224 e. The van der Waals surface area contributed by atoms with Crippen molar-refractivity contribution in [3.63, 3.8) is 0 Å². The lowest BCUT2D eigenvalue weighted by Gasteiger charge is -2.17. The summed E-state index contributed by atoms with van der Waals surface area (Å²) in [5, 5.41) is 2.91. The number of nitrogens with zero attached hydrogens (tertiary/aromatic N) is 1. The lowest BCUT2D eigenvalue weighted by molar-refractivity contribution is -0.125. The van der Waals surface area contributed by atoms with Gasteiger partial charge in [0, 0.05) is 30.6 Å². The van der Waals surface area contributed by atoms with Gasteiger partial charge in [-0.2, -0.15) is 0 Å². The fourth-order valence-electron chi connectivity index (χ4n) is 1.71. The van der Waals surface area contributed by atoms with E-state index in [2.05, 4.69) is 10.2 Å². The molecule has 0 bridgehead atoms. The zero-order valence-corrected chi connectivity index (χ0v) is 13.4. The maximum atomic E-state index is 11.9. The van der Waals surface area contributed by atoms with Crippen molar-refractivity contribution in [2.45, 2.75) is 26.4 Å². The second kappa shape index (κ2) is 8.64. The Labute approximate surface area is 127 Å². The first-order valence-electron chi connectivity index (χ1n) is 7.30. The Morgan fingerprint density at radius 3 is 2.62 bits per heavy atom. The molecule has 5 heteroatoms. The van der Waals surface area contributed by atoms with Crippen LogP contribution in [0.4, 0.5) is 0 Å². The number of carbonyl (C=O) groups is 1. The van der Waals surface area contributed by atoms with Gasteiger partial charge in [-0.25, -0.2) is 0 Å². The summed E-state index contributed by atoms with van der Waals surface area (Å²) in [7, 11) is 4.01. The minimum absolute atomic E-state index is 0.0342. The number of carbonyl (C=O) groups excluding carboxylic acids is 1. The van der Waals surface area contributed by atoms with Crippen LogP contribution in [0.25, 0.3) is 0 Å². The minimum atomic E-state index is -0.202. The lowest BCUT2D eigenvalue weighted by atomic mass is 10.0. The Hall–Kier alpha value is -1.59. The largest absolute Gasteiger partial charge is 0.492 e. The van der Waals surface area contributed by atoms with Gasteiger partial charge in [0.1, 0.15) is 12.4 Å². The number of benzene rings is 1. The molecule has 1 aromatic carbocycles. The third-order valence-electron chi connectivity index (χ3n) is 3.42. The molecular weight excluding hydrogens is 266 g/mol. The van der Waals surface area contributed by atoms with Crippen molar-refractivity contribution in [3.8, 4) is 5.75 Å². The molecule has 0 aliphatic heterocycles. The molecule has 0 aromatic heterocycles. The summed E-state index contributed by atoms with van der Waals surface area (Å²) in [6.45, 7) is 5.59. The highest BCUT2D eigenvalue weighted by atomic mass is 16.5. The van der Waals surface area contributed by atoms with Gasteiger partial charge in [-0.1, -0.05) is 25.1 Å². The average molecular weight is 293 g/mol. The summed E-state index contributed by atoms with van der Waals surface area (Å²) in [6, 6.07) is 7.60. The van der Waals surface area contributed by atoms with Crippen molar-refractivity contribution in [1.29, 1.82) is 0 Å². The molecule has 0 heterocycles. The van der Waals surface area contributed by atoms with E-state index in [0.29, 0.717) is 13.2 Å². The quantitative estimate of drug-likeness (QED) is 0.756. The van der Waals surface area contributed by atoms with E-state index in [1.807, 2.05) is 52.2 Å². The van der Waals surface area contributed by atoms with Crippen molar-refractivity contribution in [2.24, 2.45) is 11.7 Å². The molecule has 1 rings (SSSR count). The van der Waals surface area contributed by atoms with Crippen molar-refractivity contribution in [1.82, 2.24) is 10.2 Å². The topological polar surface area (TPSA) is 67.6 Å². The molecule has 3 N–H and O–H groups in total. The van der Waals surface area contributed by atoms with E-state index in [4.69, 9.17) is 10.5 Å². The molecule has 118 valence electrons. The first-order valence-corrected chi connectivity index (χ1v) is 7.30. The van der Waals surface area contributed by atoms with Crippen LogP contribution >= 0.6 is 0 Å². The van der Waals surface area contributed by atoms with Crippen LogP contribution in [0.2, 0.25) is 0 Å². The number of rotatable bonds is 8. The number of nitrogens with two attached hydrogens (primary N) is 1. The molecule has 1 amide bonds. The lowest BCUT2D eigenvalue weighted by Crippen LogP contribution is -2.38. The molecule has 0 spiro atoms. The number of hydrogen-bond acceptors (Lipinski definition) is 4. The molecular formula is C16H27N3O2. The number of nitrogens with one attached hydrogen (secondary N) is 1. The summed E-state index contributed by atoms with van der Waals surface area (Å²) in [4.78, 5) is 14.0. The highest BCUT2D eigenvalue weighted by Crippen LogP contribution is 2.17. The predicted octanol–water partition coefficient (Wildman–Crippen LogP) is 1.23. The molecule has 0 radical (unpaired) electrons. The van der Waals surface area contributed by atoms with Gasteiger partial charge in [0.2, 0.25) is 5.91 Å². The summed E-state index contributed by atoms with van der Waals surface area (Å²) in [5.41, 5.74) is 6.71. The molecule has 5 nitrogen and oxygen atoms in total. The van der Waals surface area contributed by atoms with Crippen LogP contribution in [0.3, 0.4) is 0 Å². The third kappa shape index (κ3) is 6.14. The van der Waals surface area contributed by atoms with Crippen LogP contribution in [0.1, 0.15) is 19.4 Å². The van der Waals surface area contributed by atoms with E-state index >= 15 is 0 Å². The Bertz CT molecular complexity index is 447. The van der Waals surface area contributed by atoms with Gasteiger partial charge in [0.25, 0.3) is 0 Å². The van der Waals surface area contributed by atoms with Crippen LogP contribution in [-0.2, 0) is 11.3 Å². The number of ether oxygens (including phenoxy) is 1. The number of amides is 1. The number of para-hydroxylation sites is 1. The Balaban J connectivity index is 2.56. The van der Waals surface area contributed by atoms with E-state index in [1.165, 1.54) is 0 Å². The van der Waals surface area contributed by atoms with Crippen LogP contribution in [0.5, 0.6) is 5.75 Å². The molecule has 1 aromatic rings. The second-order valence-electron chi connectivity index (χ2n) is 5.63. The van der Waals surface area contributed by atoms with Gasteiger partial charge in [-0.3, -0.25) is 4.79 Å². The zero-order valence-electron chi connectivity index (χ0n) is 13.4. The van der Waals surface area contributed by atoms with Gasteiger partial charge < -0.3 is 20.7 Å². The van der Waals surface area contributed by atoms with Crippen LogP contribution in [0, 0.1) is 5.92 Å². The van der Waals surface area contributed by atoms with Crippen molar-refractivity contribution < 1.29 is 9.53 Å². The van der Waals surface area contributed by atoms with Crippen molar-refractivity contribution in [3.05, 3.63) is 29.8 Å². The van der Waals surface area contributed by atoms with Gasteiger partial charge in [-0.15, -0.1) is 0 Å². The fraction of sp³-hybridized carbons (Fsp3) is 0.562. The van der Waals surface area contributed by atoms with Gasteiger partial charge >= 0.3 is 0 Å². The Morgan fingerprint density at radius 1 is 1.33 bits per heavy atom. The summed E-state index contributed by atoms with van der Waals surface area (Å²) in [5.74, 6) is 0.577. The monoisotopic (exact) mass is 293 g/mol. The van der Waals surface area contributed by atoms with E-state index in [0.717, 1.165) is 17.9 Å². The van der Waals surface area contributed by atoms with Gasteiger partial charge in [0.05, 0.1) is 0 Å². The van der Waals surface area contributed by atoms with Crippen molar-refractivity contribution >= 4 is 5.91 Å². The number of likely N-dealkylation sites (N-methyl/N-ethyl adjacent to an activating group) is 1. The van der Waals surface area contributed by atoms with Gasteiger partial charge in [-0.05, 0) is 27.1 Å². The fourth-order valence-corrected chi connectivity index (χ4v) is 1.71. The average Bonchev–Trinajstić information content (AvgIpc) is 2.44. The molecule has 0 saturated carbocycles. The first kappa shape index (κ1) is 17.5. The van der Waals surface area contributed by atoms with E-state index in [-0.39, 0.29) is 17.9 Å². The Morgan fingerprint density at radius 2 is 2.00 bits per heavy atom. The molecule has 0 aliphatic carbocycles. The maximum absolute atomic E-state index is 11.9. The summed E-state index contributed by atoms with van der Waals surface area (Å²) in [6.07, 6.45) is 0. The minimum Gasteiger partial charge on any atom is -0.492 e. The first-order chi connectivity index (χ1) is 9.91. The SMILES string of the molecule is CC(N)C(C)C(=O)NCc1ccccc1OCCN(C)C. The maximum Gasteiger partial charge on any atom is 0.224 e. The second-order valence-corrected chi connectivity index (χ2v) is 5.63. The van der Waals surface area contributed by atoms with E-state index < -0.39 is 0 Å². The number of hydrogen-bond donors (Lipinski definition) is 2. The van der Waals surface area contributed by atoms with E-state index in [9.17, 15) is 4.79 Å². The Kier molecular flexibility index (Phi) is 7.19. The highest BCUT2D eigenvalue weighted by molar-refractivity contribution is 5.78. The molecule has 2 unspecified atom stereocenters. The third-order valence-corrected chi connectivity index (χ3v) is 3.42. The molecule has 2 atom stereocenters. The summed E-state index contributed by atoms with van der Waals surface area (Å²) < 4.78 is 5.77. The van der Waals surface area contributed by atoms with E-state index in [1.54, 1.807) is 0 Å². The van der Waals surface area contributed by atoms with Gasteiger partial charge in [0.15, 0.2) is 0 Å². The standard InChI is InChI=1S/C16H27N3O2/c1-12(13(2)17)16(20)18-11-14-7-5-6-8-15(14)21-10-9-19(3)4/h5-8,12-13H,9-11,17H2,1-4H3,(H,18,20). The molecule has 0 saturated heterocycles. The molecule has 0 aliphatic rings. The summed E-state index contributed by atoms with van der Waals surface area (Å²) >= 11 is 0. The molecule has 0 fully saturated rings. The van der Waals surface area contributed by atoms with Crippen LogP contribution in [0.15, 0.2) is 24.3 Å². The predicted molar refractivity (Wildman–Crippen MR) is 85.2 cm³/mol. The molecule has 21 heavy (non-hydrogen) atoms. The zero-order chi connectivity index (χ0) is 15.8. The van der Waals surface area contributed by atoms with Crippen molar-refractivity contribution in [2.75, 3.05) is 27.2 Å². The normalized spacial score (nSPS) is 13.8. The van der Waals surface area contributed by atoms with Crippen LogP contribution < -0.4 is 15.8 Å². The highest BCUT2D eigenvalue weighted by Gasteiger charge is 2.16.